The first-order chi connectivity index (χ1) is 13.8. The van der Waals surface area contributed by atoms with Gasteiger partial charge < -0.3 is 19.7 Å². The van der Waals surface area contributed by atoms with E-state index in [1.165, 1.54) is 18.2 Å². The van der Waals surface area contributed by atoms with Gasteiger partial charge >= 0.3 is 6.36 Å². The second kappa shape index (κ2) is 9.45. The van der Waals surface area contributed by atoms with Crippen molar-refractivity contribution >= 4 is 11.8 Å². The van der Waals surface area contributed by atoms with Crippen LogP contribution in [0.1, 0.15) is 18.4 Å². The smallest absolute Gasteiger partial charge is 0.405 e. The summed E-state index contributed by atoms with van der Waals surface area (Å²) >= 11 is 0. The van der Waals surface area contributed by atoms with Crippen LogP contribution in [0.5, 0.6) is 5.75 Å². The molecule has 0 aromatic heterocycles. The molecule has 0 saturated carbocycles. The van der Waals surface area contributed by atoms with Crippen molar-refractivity contribution in [3.8, 4) is 5.75 Å². The zero-order valence-corrected chi connectivity index (χ0v) is 15.9. The Morgan fingerprint density at radius 3 is 2.55 bits per heavy atom. The molecule has 1 aromatic carbocycles. The molecule has 2 saturated heterocycles. The van der Waals surface area contributed by atoms with Crippen LogP contribution in [0, 0.1) is 0 Å². The van der Waals surface area contributed by atoms with E-state index in [0.717, 1.165) is 12.8 Å². The van der Waals surface area contributed by atoms with Gasteiger partial charge in [0.1, 0.15) is 11.9 Å². The highest BCUT2D eigenvalue weighted by molar-refractivity contribution is 5.81. The largest absolute Gasteiger partial charge is 0.573 e. The first-order valence-corrected chi connectivity index (χ1v) is 9.55. The molecule has 0 unspecified atom stereocenters. The fraction of sp³-hybridized carbons (Fsp3) is 0.579. The van der Waals surface area contributed by atoms with E-state index >= 15 is 0 Å². The summed E-state index contributed by atoms with van der Waals surface area (Å²) in [6.45, 7) is 2.82. The number of benzene rings is 1. The third kappa shape index (κ3) is 6.33. The number of piperazine rings is 1. The standard InChI is InChI=1S/C19H24F3N3O4/c20-19(21,22)29-15-5-2-1-4-14(15)12-23-17(26)13-24-7-9-25(10-8-24)18(27)16-6-3-11-28-16/h1-2,4-5,16H,3,6-13H2,(H,23,26)/t16-/m1/s1. The first kappa shape index (κ1) is 21.4. The minimum absolute atomic E-state index is 0.00729. The van der Waals surface area contributed by atoms with Crippen molar-refractivity contribution in [1.82, 2.24) is 15.1 Å². The number of halogens is 3. The number of amides is 2. The molecule has 2 aliphatic rings. The van der Waals surface area contributed by atoms with Crippen LogP contribution in [0.2, 0.25) is 0 Å². The number of alkyl halides is 3. The monoisotopic (exact) mass is 415 g/mol. The maximum atomic E-state index is 12.5. The van der Waals surface area contributed by atoms with Gasteiger partial charge in [0.2, 0.25) is 5.91 Å². The van der Waals surface area contributed by atoms with Crippen molar-refractivity contribution in [3.63, 3.8) is 0 Å². The number of hydrogen-bond acceptors (Lipinski definition) is 5. The van der Waals surface area contributed by atoms with Gasteiger partial charge in [-0.15, -0.1) is 13.2 Å². The Morgan fingerprint density at radius 2 is 1.90 bits per heavy atom. The van der Waals surface area contributed by atoms with Crippen LogP contribution in [0.15, 0.2) is 24.3 Å². The van der Waals surface area contributed by atoms with Gasteiger partial charge in [0, 0.05) is 44.9 Å². The van der Waals surface area contributed by atoms with Crippen LogP contribution >= 0.6 is 0 Å². The Kier molecular flexibility index (Phi) is 6.96. The molecule has 7 nitrogen and oxygen atoms in total. The normalized spacial score (nSPS) is 20.5. The van der Waals surface area contributed by atoms with Crippen LogP contribution in [0.25, 0.3) is 0 Å². The zero-order chi connectivity index (χ0) is 20.9. The van der Waals surface area contributed by atoms with Crippen molar-refractivity contribution in [2.45, 2.75) is 31.9 Å². The summed E-state index contributed by atoms with van der Waals surface area (Å²) in [6.07, 6.45) is -3.49. The maximum Gasteiger partial charge on any atom is 0.573 e. The summed E-state index contributed by atoms with van der Waals surface area (Å²) in [5, 5.41) is 2.62. The lowest BCUT2D eigenvalue weighted by atomic mass is 10.2. The summed E-state index contributed by atoms with van der Waals surface area (Å²) in [7, 11) is 0. The number of para-hydroxylation sites is 1. The number of carbonyl (C=O) groups excluding carboxylic acids is 2. The molecule has 1 aromatic rings. The predicted octanol–water partition coefficient (Wildman–Crippen LogP) is 1.52. The van der Waals surface area contributed by atoms with Crippen molar-refractivity contribution < 1.29 is 32.2 Å². The van der Waals surface area contributed by atoms with Crippen molar-refractivity contribution in [3.05, 3.63) is 29.8 Å². The molecule has 2 heterocycles. The molecule has 2 amide bonds. The SMILES string of the molecule is O=C(CN1CCN(C(=O)[C@H]2CCCO2)CC1)NCc1ccccc1OC(F)(F)F. The summed E-state index contributed by atoms with van der Waals surface area (Å²) < 4.78 is 46.8. The third-order valence-corrected chi connectivity index (χ3v) is 4.93. The number of ether oxygens (including phenoxy) is 2. The van der Waals surface area contributed by atoms with Gasteiger partial charge in [0.15, 0.2) is 0 Å². The molecule has 2 fully saturated rings. The fourth-order valence-corrected chi connectivity index (χ4v) is 3.43. The van der Waals surface area contributed by atoms with E-state index in [-0.39, 0.29) is 42.3 Å². The Labute approximate surface area is 166 Å². The van der Waals surface area contributed by atoms with E-state index in [2.05, 4.69) is 10.1 Å². The summed E-state index contributed by atoms with van der Waals surface area (Å²) in [4.78, 5) is 28.2. The second-order valence-corrected chi connectivity index (χ2v) is 7.04. The lowest BCUT2D eigenvalue weighted by molar-refractivity contribution is -0.274. The molecule has 160 valence electrons. The van der Waals surface area contributed by atoms with Crippen LogP contribution < -0.4 is 10.1 Å². The Hall–Kier alpha value is -2.33. The average Bonchev–Trinajstić information content (AvgIpc) is 3.21. The van der Waals surface area contributed by atoms with Gasteiger partial charge in [-0.25, -0.2) is 0 Å². The molecular formula is C19H24F3N3O4. The molecule has 10 heteroatoms. The van der Waals surface area contributed by atoms with Crippen LogP contribution in [-0.4, -0.2) is 73.4 Å². The highest BCUT2D eigenvalue weighted by Crippen LogP contribution is 2.26. The molecule has 1 atom stereocenters. The topological polar surface area (TPSA) is 71.1 Å². The van der Waals surface area contributed by atoms with Crippen LogP contribution in [0.3, 0.4) is 0 Å². The van der Waals surface area contributed by atoms with E-state index in [4.69, 9.17) is 4.74 Å². The molecule has 0 radical (unpaired) electrons. The minimum Gasteiger partial charge on any atom is -0.405 e. The maximum absolute atomic E-state index is 12.5. The lowest BCUT2D eigenvalue weighted by Gasteiger charge is -2.35. The van der Waals surface area contributed by atoms with Gasteiger partial charge in [0.05, 0.1) is 6.54 Å². The molecule has 2 aliphatic heterocycles. The van der Waals surface area contributed by atoms with E-state index < -0.39 is 6.36 Å². The van der Waals surface area contributed by atoms with E-state index in [0.29, 0.717) is 32.8 Å². The number of nitrogens with one attached hydrogen (secondary N) is 1. The Balaban J connectivity index is 1.42. The van der Waals surface area contributed by atoms with E-state index in [1.807, 2.05) is 4.90 Å². The molecular weight excluding hydrogens is 391 g/mol. The number of rotatable bonds is 6. The molecule has 1 N–H and O–H groups in total. The minimum atomic E-state index is -4.79. The molecule has 0 bridgehead atoms. The Morgan fingerprint density at radius 1 is 1.17 bits per heavy atom. The van der Waals surface area contributed by atoms with Crippen molar-refractivity contribution in [2.24, 2.45) is 0 Å². The molecule has 0 aliphatic carbocycles. The lowest BCUT2D eigenvalue weighted by Crippen LogP contribution is -2.53. The highest BCUT2D eigenvalue weighted by atomic mass is 19.4. The second-order valence-electron chi connectivity index (χ2n) is 7.04. The molecule has 3 rings (SSSR count). The van der Waals surface area contributed by atoms with Crippen LogP contribution in [0.4, 0.5) is 13.2 Å². The van der Waals surface area contributed by atoms with Gasteiger partial charge in [-0.1, -0.05) is 18.2 Å². The van der Waals surface area contributed by atoms with E-state index in [1.54, 1.807) is 11.0 Å². The highest BCUT2D eigenvalue weighted by Gasteiger charge is 2.32. The summed E-state index contributed by atoms with van der Waals surface area (Å²) in [6, 6.07) is 5.69. The Bertz CT molecular complexity index is 715. The molecule has 0 spiro atoms. The predicted molar refractivity (Wildman–Crippen MR) is 97.0 cm³/mol. The number of hydrogen-bond donors (Lipinski definition) is 1. The first-order valence-electron chi connectivity index (χ1n) is 9.55. The van der Waals surface area contributed by atoms with Gasteiger partial charge in [-0.05, 0) is 18.9 Å². The number of nitrogens with zero attached hydrogens (tertiary/aromatic N) is 2. The third-order valence-electron chi connectivity index (χ3n) is 4.93. The summed E-state index contributed by atoms with van der Waals surface area (Å²) in [5.41, 5.74) is 0.241. The van der Waals surface area contributed by atoms with Crippen molar-refractivity contribution in [1.29, 1.82) is 0 Å². The molecule has 29 heavy (non-hydrogen) atoms. The van der Waals surface area contributed by atoms with Gasteiger partial charge in [-0.2, -0.15) is 0 Å². The summed E-state index contributed by atoms with van der Waals surface area (Å²) in [5.74, 6) is -0.625. The van der Waals surface area contributed by atoms with Gasteiger partial charge in [0.25, 0.3) is 5.91 Å². The number of carbonyl (C=O) groups is 2. The quantitative estimate of drug-likeness (QED) is 0.763. The fourth-order valence-electron chi connectivity index (χ4n) is 3.43. The van der Waals surface area contributed by atoms with E-state index in [9.17, 15) is 22.8 Å². The van der Waals surface area contributed by atoms with Gasteiger partial charge in [-0.3, -0.25) is 14.5 Å². The average molecular weight is 415 g/mol. The van der Waals surface area contributed by atoms with Crippen LogP contribution in [-0.2, 0) is 20.9 Å². The zero-order valence-electron chi connectivity index (χ0n) is 15.9. The van der Waals surface area contributed by atoms with Crippen molar-refractivity contribution in [2.75, 3.05) is 39.3 Å².